The van der Waals surface area contributed by atoms with Crippen LogP contribution in [0.5, 0.6) is 0 Å². The largest absolute Gasteiger partial charge is 0.324 e. The van der Waals surface area contributed by atoms with Gasteiger partial charge in [0.1, 0.15) is 12.2 Å². The summed E-state index contributed by atoms with van der Waals surface area (Å²) in [5, 5.41) is 9.91. The summed E-state index contributed by atoms with van der Waals surface area (Å²) < 4.78 is 1.09. The molecule has 2 amide bonds. The van der Waals surface area contributed by atoms with Crippen LogP contribution in [0.1, 0.15) is 30.5 Å². The van der Waals surface area contributed by atoms with E-state index in [4.69, 9.17) is 0 Å². The number of amides is 2. The number of aryl methyl sites for hydroxylation is 2. The van der Waals surface area contributed by atoms with Crippen LogP contribution in [0, 0.1) is 26.7 Å². The summed E-state index contributed by atoms with van der Waals surface area (Å²) in [4.78, 5) is 38.0. The van der Waals surface area contributed by atoms with Gasteiger partial charge >= 0.3 is 0 Å². The van der Waals surface area contributed by atoms with Crippen LogP contribution in [0.3, 0.4) is 0 Å². The summed E-state index contributed by atoms with van der Waals surface area (Å²) in [7, 11) is 0. The van der Waals surface area contributed by atoms with Crippen LogP contribution < -0.4 is 16.2 Å². The molecule has 0 radical (unpaired) electrons. The molecule has 7 nitrogen and oxygen atoms in total. The molecular weight excluding hydrogens is 404 g/mol. The number of hydrogen-bond acceptors (Lipinski definition) is 4. The van der Waals surface area contributed by atoms with Crippen molar-refractivity contribution in [2.45, 2.75) is 41.2 Å². The van der Waals surface area contributed by atoms with E-state index in [0.29, 0.717) is 11.4 Å². The van der Waals surface area contributed by atoms with Gasteiger partial charge in [0, 0.05) is 17.2 Å². The molecule has 0 spiro atoms. The summed E-state index contributed by atoms with van der Waals surface area (Å²) in [6.07, 6.45) is 0. The normalized spacial score (nSPS) is 10.8. The van der Waals surface area contributed by atoms with Gasteiger partial charge in [0.05, 0.1) is 5.69 Å². The quantitative estimate of drug-likeness (QED) is 0.614. The third kappa shape index (κ3) is 5.29. The van der Waals surface area contributed by atoms with E-state index in [1.165, 1.54) is 0 Å². The van der Waals surface area contributed by atoms with Crippen LogP contribution in [0.2, 0.25) is 0 Å². The first kappa shape index (κ1) is 22.9. The number of hydrogen-bond donors (Lipinski definition) is 2. The molecule has 0 saturated heterocycles. The Morgan fingerprint density at radius 1 is 0.969 bits per heavy atom. The monoisotopic (exact) mass is 432 g/mol. The number of carbonyl (C=O) groups excluding carboxylic acids is 2. The Kier molecular flexibility index (Phi) is 6.88. The molecule has 0 unspecified atom stereocenters. The second kappa shape index (κ2) is 9.60. The van der Waals surface area contributed by atoms with Crippen LogP contribution in [-0.2, 0) is 16.1 Å². The van der Waals surface area contributed by atoms with Crippen LogP contribution in [0.15, 0.2) is 53.3 Å². The predicted octanol–water partition coefficient (Wildman–Crippen LogP) is 4.07. The van der Waals surface area contributed by atoms with Crippen molar-refractivity contribution < 1.29 is 9.59 Å². The number of benzene rings is 2. The van der Waals surface area contributed by atoms with Gasteiger partial charge in [0.2, 0.25) is 11.8 Å². The molecule has 3 aromatic rings. The lowest BCUT2D eigenvalue weighted by Crippen LogP contribution is -2.33. The zero-order chi connectivity index (χ0) is 23.4. The van der Waals surface area contributed by atoms with Gasteiger partial charge in [-0.2, -0.15) is 5.10 Å². The standard InChI is InChI=1S/C25H28N4O3/c1-15(2)24(31)27-22-13-21(19-11-9-16(3)10-12-19)28-29(25(22)32)14-23(30)26-20-8-6-7-17(4)18(20)5/h6-13,15H,14H2,1-5H3,(H,26,30)(H,27,31). The van der Waals surface area contributed by atoms with Gasteiger partial charge < -0.3 is 10.6 Å². The molecule has 1 heterocycles. The van der Waals surface area contributed by atoms with Crippen molar-refractivity contribution in [3.05, 3.63) is 75.6 Å². The van der Waals surface area contributed by atoms with E-state index < -0.39 is 5.56 Å². The molecule has 1 aromatic heterocycles. The summed E-state index contributed by atoms with van der Waals surface area (Å²) in [5.41, 5.74) is 4.61. The fourth-order valence-corrected chi connectivity index (χ4v) is 3.09. The minimum atomic E-state index is -0.536. The average Bonchev–Trinajstić information content (AvgIpc) is 2.74. The van der Waals surface area contributed by atoms with Gasteiger partial charge in [-0.3, -0.25) is 14.4 Å². The van der Waals surface area contributed by atoms with Crippen molar-refractivity contribution in [1.29, 1.82) is 0 Å². The number of nitrogens with one attached hydrogen (secondary N) is 2. The first-order chi connectivity index (χ1) is 15.2. The molecule has 32 heavy (non-hydrogen) atoms. The van der Waals surface area contributed by atoms with Crippen molar-refractivity contribution in [3.8, 4) is 11.3 Å². The minimum absolute atomic E-state index is 0.0915. The van der Waals surface area contributed by atoms with Gasteiger partial charge in [0.15, 0.2) is 0 Å². The fourth-order valence-electron chi connectivity index (χ4n) is 3.09. The molecule has 0 aliphatic carbocycles. The van der Waals surface area contributed by atoms with E-state index in [-0.39, 0.29) is 30.0 Å². The Bertz CT molecular complexity index is 1210. The molecule has 166 valence electrons. The predicted molar refractivity (Wildman–Crippen MR) is 127 cm³/mol. The van der Waals surface area contributed by atoms with Gasteiger partial charge in [-0.25, -0.2) is 4.68 Å². The molecule has 2 aromatic carbocycles. The number of aromatic nitrogens is 2. The van der Waals surface area contributed by atoms with Gasteiger partial charge in [0.25, 0.3) is 5.56 Å². The van der Waals surface area contributed by atoms with Crippen molar-refractivity contribution in [2.24, 2.45) is 5.92 Å². The molecule has 0 fully saturated rings. The zero-order valence-electron chi connectivity index (χ0n) is 19.0. The Morgan fingerprint density at radius 3 is 2.31 bits per heavy atom. The lowest BCUT2D eigenvalue weighted by Gasteiger charge is -2.14. The van der Waals surface area contributed by atoms with Crippen LogP contribution in [0.25, 0.3) is 11.3 Å². The third-order valence-electron chi connectivity index (χ3n) is 5.28. The van der Waals surface area contributed by atoms with Crippen LogP contribution >= 0.6 is 0 Å². The topological polar surface area (TPSA) is 93.1 Å². The summed E-state index contributed by atoms with van der Waals surface area (Å²) in [6.45, 7) is 9.07. The minimum Gasteiger partial charge on any atom is -0.324 e. The molecule has 0 atom stereocenters. The summed E-state index contributed by atoms with van der Waals surface area (Å²) >= 11 is 0. The Hall–Kier alpha value is -3.74. The maximum Gasteiger partial charge on any atom is 0.291 e. The van der Waals surface area contributed by atoms with E-state index in [9.17, 15) is 14.4 Å². The second-order valence-electron chi connectivity index (χ2n) is 8.21. The van der Waals surface area contributed by atoms with Crippen molar-refractivity contribution in [2.75, 3.05) is 10.6 Å². The maximum atomic E-state index is 13.0. The molecular formula is C25H28N4O3. The molecule has 0 saturated carbocycles. The Morgan fingerprint density at radius 2 is 1.66 bits per heavy atom. The molecule has 0 aliphatic rings. The average molecular weight is 433 g/mol. The smallest absolute Gasteiger partial charge is 0.291 e. The highest BCUT2D eigenvalue weighted by atomic mass is 16.2. The SMILES string of the molecule is Cc1ccc(-c2cc(NC(=O)C(C)C)c(=O)n(CC(=O)Nc3cccc(C)c3C)n2)cc1. The van der Waals surface area contributed by atoms with Crippen molar-refractivity contribution in [3.63, 3.8) is 0 Å². The highest BCUT2D eigenvalue weighted by Crippen LogP contribution is 2.20. The van der Waals surface area contributed by atoms with E-state index in [2.05, 4.69) is 15.7 Å². The van der Waals surface area contributed by atoms with Gasteiger partial charge in [-0.15, -0.1) is 0 Å². The first-order valence-corrected chi connectivity index (χ1v) is 10.5. The van der Waals surface area contributed by atoms with Crippen molar-refractivity contribution >= 4 is 23.2 Å². The van der Waals surface area contributed by atoms with E-state index in [0.717, 1.165) is 26.9 Å². The summed E-state index contributed by atoms with van der Waals surface area (Å²) in [5.74, 6) is -0.962. The lowest BCUT2D eigenvalue weighted by molar-refractivity contribution is -0.119. The fraction of sp³-hybridized carbons (Fsp3) is 0.280. The Balaban J connectivity index is 1.97. The molecule has 7 heteroatoms. The lowest BCUT2D eigenvalue weighted by atomic mass is 10.1. The molecule has 3 rings (SSSR count). The van der Waals surface area contributed by atoms with Crippen LogP contribution in [0.4, 0.5) is 11.4 Å². The van der Waals surface area contributed by atoms with E-state index >= 15 is 0 Å². The second-order valence-corrected chi connectivity index (χ2v) is 8.21. The first-order valence-electron chi connectivity index (χ1n) is 10.5. The van der Waals surface area contributed by atoms with E-state index in [1.807, 2.05) is 63.2 Å². The number of carbonyl (C=O) groups is 2. The van der Waals surface area contributed by atoms with E-state index in [1.54, 1.807) is 19.9 Å². The highest BCUT2D eigenvalue weighted by Gasteiger charge is 2.16. The van der Waals surface area contributed by atoms with Crippen molar-refractivity contribution in [1.82, 2.24) is 9.78 Å². The number of rotatable bonds is 6. The number of nitrogens with zero attached hydrogens (tertiary/aromatic N) is 2. The molecule has 2 N–H and O–H groups in total. The maximum absolute atomic E-state index is 13.0. The van der Waals surface area contributed by atoms with Crippen LogP contribution in [-0.4, -0.2) is 21.6 Å². The molecule has 0 bridgehead atoms. The van der Waals surface area contributed by atoms with Gasteiger partial charge in [-0.1, -0.05) is 55.8 Å². The molecule has 0 aliphatic heterocycles. The Labute approximate surface area is 187 Å². The zero-order valence-corrected chi connectivity index (χ0v) is 19.0. The third-order valence-corrected chi connectivity index (χ3v) is 5.28. The number of anilines is 2. The van der Waals surface area contributed by atoms with Gasteiger partial charge in [-0.05, 0) is 44.0 Å². The highest BCUT2D eigenvalue weighted by molar-refractivity contribution is 5.93. The summed E-state index contributed by atoms with van der Waals surface area (Å²) in [6, 6.07) is 14.8.